The first-order chi connectivity index (χ1) is 11.0. The summed E-state index contributed by atoms with van der Waals surface area (Å²) in [6.45, 7) is 0. The molecular weight excluding hydrogens is 305 g/mol. The van der Waals surface area contributed by atoms with Crippen molar-refractivity contribution in [2.24, 2.45) is 5.16 Å². The number of halogens is 1. The lowest BCUT2D eigenvalue weighted by Crippen LogP contribution is -2.46. The minimum absolute atomic E-state index is 0.139. The first-order valence-corrected chi connectivity index (χ1v) is 7.18. The van der Waals surface area contributed by atoms with Gasteiger partial charge in [0.15, 0.2) is 0 Å². The van der Waals surface area contributed by atoms with Gasteiger partial charge in [-0.3, -0.25) is 0 Å². The molecule has 0 saturated heterocycles. The Labute approximate surface area is 131 Å². The van der Waals surface area contributed by atoms with Gasteiger partial charge >= 0.3 is 11.8 Å². The maximum Gasteiger partial charge on any atom is 0.379 e. The third-order valence-electron chi connectivity index (χ3n) is 4.26. The number of methoxy groups -OCH3 is 1. The van der Waals surface area contributed by atoms with Crippen LogP contribution in [-0.2, 0) is 14.3 Å². The molecule has 0 amide bonds. The molecule has 6 nitrogen and oxygen atoms in total. The Morgan fingerprint density at radius 3 is 2.83 bits per heavy atom. The molecule has 3 rings (SSSR count). The summed E-state index contributed by atoms with van der Waals surface area (Å²) in [6.07, 6.45) is 0.729. The zero-order valence-electron chi connectivity index (χ0n) is 12.5. The van der Waals surface area contributed by atoms with Crippen LogP contribution in [0.4, 0.5) is 4.39 Å². The van der Waals surface area contributed by atoms with Crippen molar-refractivity contribution in [1.82, 2.24) is 0 Å². The maximum atomic E-state index is 14.2. The van der Waals surface area contributed by atoms with Gasteiger partial charge in [0, 0.05) is 18.8 Å². The maximum absolute atomic E-state index is 14.2. The molecule has 7 heteroatoms. The van der Waals surface area contributed by atoms with E-state index in [1.807, 2.05) is 0 Å². The Balaban J connectivity index is 2.12. The van der Waals surface area contributed by atoms with Gasteiger partial charge in [-0.05, 0) is 23.6 Å². The van der Waals surface area contributed by atoms with Gasteiger partial charge in [0.1, 0.15) is 17.3 Å². The van der Waals surface area contributed by atoms with Crippen LogP contribution in [-0.4, -0.2) is 34.9 Å². The molecule has 0 saturated carbocycles. The van der Waals surface area contributed by atoms with E-state index in [-0.39, 0.29) is 17.9 Å². The third kappa shape index (κ3) is 2.46. The fourth-order valence-electron chi connectivity index (χ4n) is 3.17. The number of carbonyl (C=O) groups is 1. The molecule has 1 aromatic carbocycles. The van der Waals surface area contributed by atoms with Crippen LogP contribution in [0, 0.1) is 5.82 Å². The highest BCUT2D eigenvalue weighted by Crippen LogP contribution is 2.47. The van der Waals surface area contributed by atoms with Crippen molar-refractivity contribution < 1.29 is 29.0 Å². The zero-order valence-corrected chi connectivity index (χ0v) is 12.5. The lowest BCUT2D eigenvalue weighted by atomic mass is 9.82. The first kappa shape index (κ1) is 15.5. The average molecular weight is 321 g/mol. The highest BCUT2D eigenvalue weighted by molar-refractivity contribution is 6.02. The molecule has 1 aromatic rings. The van der Waals surface area contributed by atoms with E-state index < -0.39 is 23.5 Å². The number of hydrogen-bond acceptors (Lipinski definition) is 6. The number of ether oxygens (including phenoxy) is 2. The Bertz CT molecular complexity index is 714. The van der Waals surface area contributed by atoms with Crippen LogP contribution in [0.15, 0.2) is 40.8 Å². The van der Waals surface area contributed by atoms with Crippen molar-refractivity contribution in [2.45, 2.75) is 31.0 Å². The Kier molecular flexibility index (Phi) is 3.81. The zero-order chi connectivity index (χ0) is 16.6. The number of aliphatic hydroxyl groups is 1. The van der Waals surface area contributed by atoms with Gasteiger partial charge in [0.05, 0.1) is 7.11 Å². The normalized spacial score (nSPS) is 28.5. The first-order valence-electron chi connectivity index (χ1n) is 7.18. The number of carbonyl (C=O) groups excluding carboxylic acids is 1. The molecule has 2 atom stereocenters. The van der Waals surface area contributed by atoms with Crippen molar-refractivity contribution in [3.63, 3.8) is 0 Å². The van der Waals surface area contributed by atoms with E-state index in [4.69, 9.17) is 9.94 Å². The average Bonchev–Trinajstić information content (AvgIpc) is 2.96. The van der Waals surface area contributed by atoms with E-state index in [0.29, 0.717) is 24.0 Å². The molecule has 122 valence electrons. The van der Waals surface area contributed by atoms with Crippen molar-refractivity contribution in [3.8, 4) is 0 Å². The quantitative estimate of drug-likeness (QED) is 0.494. The largest absolute Gasteiger partial charge is 0.464 e. The van der Waals surface area contributed by atoms with Gasteiger partial charge in [0.2, 0.25) is 0 Å². The van der Waals surface area contributed by atoms with Crippen LogP contribution in [0.1, 0.15) is 30.7 Å². The van der Waals surface area contributed by atoms with E-state index in [2.05, 4.69) is 9.89 Å². The van der Waals surface area contributed by atoms with Gasteiger partial charge < -0.3 is 19.8 Å². The molecule has 1 heterocycles. The second kappa shape index (κ2) is 5.66. The number of esters is 1. The lowest BCUT2D eigenvalue weighted by Gasteiger charge is -2.36. The summed E-state index contributed by atoms with van der Waals surface area (Å²) in [4.78, 5) is 11.9. The summed E-state index contributed by atoms with van der Waals surface area (Å²) < 4.78 is 24.2. The molecule has 1 aliphatic carbocycles. The predicted octanol–water partition coefficient (Wildman–Crippen LogP) is 2.07. The summed E-state index contributed by atoms with van der Waals surface area (Å²) in [6, 6.07) is 6.16. The Morgan fingerprint density at radius 1 is 1.43 bits per heavy atom. The molecular formula is C16H16FNO5. The van der Waals surface area contributed by atoms with Gasteiger partial charge in [-0.2, -0.15) is 0 Å². The highest BCUT2D eigenvalue weighted by atomic mass is 19.1. The smallest absolute Gasteiger partial charge is 0.379 e. The second-order valence-corrected chi connectivity index (χ2v) is 5.56. The van der Waals surface area contributed by atoms with Gasteiger partial charge in [-0.15, -0.1) is 0 Å². The van der Waals surface area contributed by atoms with Crippen LogP contribution < -0.4 is 0 Å². The molecule has 0 aromatic heterocycles. The number of allylic oxidation sites excluding steroid dienone is 2. The van der Waals surface area contributed by atoms with E-state index in [0.717, 1.165) is 7.11 Å². The molecule has 0 bridgehead atoms. The van der Waals surface area contributed by atoms with Gasteiger partial charge in [0.25, 0.3) is 0 Å². The van der Waals surface area contributed by atoms with Crippen molar-refractivity contribution in [3.05, 3.63) is 47.0 Å². The van der Waals surface area contributed by atoms with E-state index in [1.54, 1.807) is 18.2 Å². The van der Waals surface area contributed by atoms with Crippen LogP contribution in [0.2, 0.25) is 0 Å². The van der Waals surface area contributed by atoms with E-state index >= 15 is 0 Å². The summed E-state index contributed by atoms with van der Waals surface area (Å²) in [5.41, 5.74) is 1.28. The monoisotopic (exact) mass is 321 g/mol. The third-order valence-corrected chi connectivity index (χ3v) is 4.26. The number of oxime groups is 1. The highest BCUT2D eigenvalue weighted by Gasteiger charge is 2.51. The SMILES string of the molecule is COC(=O)[C@@]1(O)C[C@@H](c2ccccc2F)C2=C(O1)/C(=N/O)CC2. The molecule has 0 unspecified atom stereocenters. The van der Waals surface area contributed by atoms with Gasteiger partial charge in [-0.25, -0.2) is 9.18 Å². The van der Waals surface area contributed by atoms with Crippen LogP contribution in [0.5, 0.6) is 0 Å². The minimum Gasteiger partial charge on any atom is -0.464 e. The molecule has 0 spiro atoms. The Morgan fingerprint density at radius 2 is 2.17 bits per heavy atom. The van der Waals surface area contributed by atoms with Crippen molar-refractivity contribution in [1.29, 1.82) is 0 Å². The number of nitrogens with zero attached hydrogens (tertiary/aromatic N) is 1. The summed E-state index contributed by atoms with van der Waals surface area (Å²) >= 11 is 0. The van der Waals surface area contributed by atoms with Crippen LogP contribution in [0.3, 0.4) is 0 Å². The predicted molar refractivity (Wildman–Crippen MR) is 77.3 cm³/mol. The van der Waals surface area contributed by atoms with Crippen molar-refractivity contribution >= 4 is 11.7 Å². The minimum atomic E-state index is -2.25. The number of rotatable bonds is 2. The fraction of sp³-hybridized carbons (Fsp3) is 0.375. The van der Waals surface area contributed by atoms with E-state index in [1.165, 1.54) is 6.07 Å². The molecule has 1 aliphatic heterocycles. The number of hydrogen-bond donors (Lipinski definition) is 2. The standard InChI is InChI=1S/C16H16FNO5/c1-22-15(19)16(20)8-11(9-4-2-3-5-12(9)17)10-6-7-13(18-21)14(10)23-16/h2-5,11,20-21H,6-8H2,1H3/b18-13+/t11-,16+/m0/s1. The summed E-state index contributed by atoms with van der Waals surface area (Å²) in [7, 11) is 1.13. The summed E-state index contributed by atoms with van der Waals surface area (Å²) in [5.74, 6) is -4.09. The molecule has 0 fully saturated rings. The molecule has 2 N–H and O–H groups in total. The Hall–Kier alpha value is -2.41. The molecule has 0 radical (unpaired) electrons. The molecule has 23 heavy (non-hydrogen) atoms. The fourth-order valence-corrected chi connectivity index (χ4v) is 3.17. The second-order valence-electron chi connectivity index (χ2n) is 5.56. The molecule has 2 aliphatic rings. The topological polar surface area (TPSA) is 88.4 Å². The van der Waals surface area contributed by atoms with Crippen LogP contribution >= 0.6 is 0 Å². The number of benzene rings is 1. The lowest BCUT2D eigenvalue weighted by molar-refractivity contribution is -0.218. The van der Waals surface area contributed by atoms with Gasteiger partial charge in [-0.1, -0.05) is 23.4 Å². The van der Waals surface area contributed by atoms with Crippen LogP contribution in [0.25, 0.3) is 0 Å². The summed E-state index contributed by atoms with van der Waals surface area (Å²) in [5, 5.41) is 22.8. The van der Waals surface area contributed by atoms with Crippen molar-refractivity contribution in [2.75, 3.05) is 7.11 Å². The van der Waals surface area contributed by atoms with E-state index in [9.17, 15) is 14.3 Å².